The van der Waals surface area contributed by atoms with Gasteiger partial charge in [-0.15, -0.1) is 0 Å². The minimum atomic E-state index is -1.23. The molecule has 0 saturated carbocycles. The Morgan fingerprint density at radius 2 is 2.10 bits per heavy atom. The lowest BCUT2D eigenvalue weighted by molar-refractivity contribution is -0.145. The highest BCUT2D eigenvalue weighted by Gasteiger charge is 2.24. The zero-order valence-corrected chi connectivity index (χ0v) is 12.6. The van der Waals surface area contributed by atoms with Crippen molar-refractivity contribution in [2.45, 2.75) is 45.8 Å². The number of nitrogens with zero attached hydrogens (tertiary/aromatic N) is 2. The van der Waals surface area contributed by atoms with Crippen molar-refractivity contribution in [1.82, 2.24) is 9.88 Å². The van der Waals surface area contributed by atoms with Gasteiger partial charge in [-0.3, -0.25) is 9.88 Å². The molecule has 1 aromatic rings. The highest BCUT2D eigenvalue weighted by atomic mass is 16.4. The van der Waals surface area contributed by atoms with Crippen LogP contribution in [0.3, 0.4) is 0 Å². The molecule has 2 N–H and O–H groups in total. The van der Waals surface area contributed by atoms with Crippen molar-refractivity contribution in [2.24, 2.45) is 0 Å². The number of hydrogen-bond donors (Lipinski definition) is 2. The number of rotatable bonds is 2. The molecule has 5 nitrogen and oxygen atoms in total. The summed E-state index contributed by atoms with van der Waals surface area (Å²) in [5, 5.41) is 15.8. The quantitative estimate of drug-likeness (QED) is 0.865. The van der Waals surface area contributed by atoms with Gasteiger partial charge in [0.05, 0.1) is 0 Å². The third kappa shape index (κ3) is 4.58. The summed E-state index contributed by atoms with van der Waals surface area (Å²) in [4.78, 5) is 16.3. The van der Waals surface area contributed by atoms with Gasteiger partial charge in [-0.2, -0.15) is 0 Å². The normalized spacial score (nSPS) is 20.1. The van der Waals surface area contributed by atoms with Gasteiger partial charge in [0.15, 0.2) is 0 Å². The molecule has 0 bridgehead atoms. The first-order valence-corrected chi connectivity index (χ1v) is 6.87. The van der Waals surface area contributed by atoms with E-state index in [0.717, 1.165) is 0 Å². The molecule has 2 atom stereocenters. The number of hydrogen-bond acceptors (Lipinski definition) is 4. The number of likely N-dealkylation sites (tertiary alicyclic amines) is 1. The van der Waals surface area contributed by atoms with E-state index in [9.17, 15) is 4.79 Å². The number of aromatic nitrogens is 1. The summed E-state index contributed by atoms with van der Waals surface area (Å²) >= 11 is 0. The largest absolute Gasteiger partial charge is 0.479 e. The van der Waals surface area contributed by atoms with Crippen LogP contribution >= 0.6 is 0 Å². The Hall–Kier alpha value is -1.46. The summed E-state index contributed by atoms with van der Waals surface area (Å²) < 4.78 is 0. The van der Waals surface area contributed by atoms with Crippen LogP contribution in [0.5, 0.6) is 0 Å². The second-order valence-corrected chi connectivity index (χ2v) is 5.34. The molecule has 0 radical (unpaired) electrons. The average molecular weight is 280 g/mol. The van der Waals surface area contributed by atoms with E-state index in [1.165, 1.54) is 43.1 Å². The summed E-state index contributed by atoms with van der Waals surface area (Å²) in [6, 6.07) is 2.89. The molecule has 1 fully saturated rings. The third-order valence-electron chi connectivity index (χ3n) is 3.50. The number of carboxylic acids is 1. The Kier molecular flexibility index (Phi) is 6.10. The number of pyridine rings is 1. The summed E-state index contributed by atoms with van der Waals surface area (Å²) in [7, 11) is 2.21. The molecular weight excluding hydrogens is 256 g/mol. The Morgan fingerprint density at radius 3 is 2.55 bits per heavy atom. The lowest BCUT2D eigenvalue weighted by Gasteiger charge is -2.21. The van der Waals surface area contributed by atoms with E-state index in [1.54, 1.807) is 0 Å². The molecule has 20 heavy (non-hydrogen) atoms. The molecule has 1 saturated heterocycles. The van der Waals surface area contributed by atoms with Gasteiger partial charge in [-0.05, 0) is 58.3 Å². The first-order chi connectivity index (χ1) is 9.32. The number of carboxylic acid groups (broad SMARTS) is 1. The molecule has 1 aliphatic rings. The number of aliphatic hydroxyl groups excluding tert-OH is 1. The summed E-state index contributed by atoms with van der Waals surface area (Å²) in [6.45, 7) is 6.65. The van der Waals surface area contributed by atoms with Crippen molar-refractivity contribution in [3.05, 3.63) is 29.1 Å². The average Bonchev–Trinajstić information content (AvgIpc) is 2.79. The van der Waals surface area contributed by atoms with Crippen molar-refractivity contribution in [3.63, 3.8) is 0 Å². The number of carbonyl (C=O) groups is 1. The van der Waals surface area contributed by atoms with E-state index in [-0.39, 0.29) is 0 Å². The van der Waals surface area contributed by atoms with Gasteiger partial charge in [0.2, 0.25) is 0 Å². The predicted molar refractivity (Wildman–Crippen MR) is 77.6 cm³/mol. The first kappa shape index (κ1) is 16.6. The number of aliphatic carboxylic acids is 1. The standard InChI is InChI=1S/C12H18N2.C3H6O3/c1-9-7-11(10(2)13-8-9)12-5-4-6-14(12)3;1-2(4)3(5)6/h7-8,12H,4-6H2,1-3H3;2,4H,1H3,(H,5,6)/t12-;/m0./s1. The molecule has 2 rings (SSSR count). The van der Waals surface area contributed by atoms with Crippen LogP contribution in [0.25, 0.3) is 0 Å². The molecule has 0 aromatic carbocycles. The summed E-state index contributed by atoms with van der Waals surface area (Å²) in [5.74, 6) is -1.19. The molecule has 1 aromatic heterocycles. The summed E-state index contributed by atoms with van der Waals surface area (Å²) in [6.07, 6.45) is 3.31. The van der Waals surface area contributed by atoms with E-state index < -0.39 is 12.1 Å². The van der Waals surface area contributed by atoms with Gasteiger partial charge in [-0.25, -0.2) is 4.79 Å². The lowest BCUT2D eigenvalue weighted by atomic mass is 10.0. The van der Waals surface area contributed by atoms with Crippen molar-refractivity contribution in [1.29, 1.82) is 0 Å². The first-order valence-electron chi connectivity index (χ1n) is 6.87. The summed E-state index contributed by atoms with van der Waals surface area (Å²) in [5.41, 5.74) is 3.88. The SMILES string of the molecule is CC(O)C(=O)O.Cc1cnc(C)c([C@@H]2CCCN2C)c1. The zero-order valence-electron chi connectivity index (χ0n) is 12.6. The topological polar surface area (TPSA) is 73.7 Å². The van der Waals surface area contributed by atoms with E-state index in [4.69, 9.17) is 10.2 Å². The maximum absolute atomic E-state index is 9.45. The van der Waals surface area contributed by atoms with Crippen LogP contribution in [0, 0.1) is 13.8 Å². The van der Waals surface area contributed by atoms with Crippen LogP contribution in [-0.2, 0) is 4.79 Å². The minimum absolute atomic E-state index is 0.599. The molecule has 2 heterocycles. The van der Waals surface area contributed by atoms with Crippen LogP contribution in [0.15, 0.2) is 12.3 Å². The Labute approximate surface area is 120 Å². The second kappa shape index (κ2) is 7.36. The third-order valence-corrected chi connectivity index (χ3v) is 3.50. The fraction of sp³-hybridized carbons (Fsp3) is 0.600. The molecule has 0 aliphatic carbocycles. The Morgan fingerprint density at radius 1 is 1.50 bits per heavy atom. The van der Waals surface area contributed by atoms with Gasteiger partial charge in [0.1, 0.15) is 6.10 Å². The van der Waals surface area contributed by atoms with Crippen LogP contribution in [0.4, 0.5) is 0 Å². The molecular formula is C15H24N2O3. The Balaban J connectivity index is 0.000000286. The molecule has 1 aliphatic heterocycles. The van der Waals surface area contributed by atoms with E-state index in [1.807, 2.05) is 6.20 Å². The van der Waals surface area contributed by atoms with Crippen molar-refractivity contribution in [2.75, 3.05) is 13.6 Å². The maximum Gasteiger partial charge on any atom is 0.332 e. The highest BCUT2D eigenvalue weighted by molar-refractivity contribution is 5.71. The van der Waals surface area contributed by atoms with E-state index >= 15 is 0 Å². The van der Waals surface area contributed by atoms with Crippen LogP contribution in [0.2, 0.25) is 0 Å². The fourth-order valence-electron chi connectivity index (χ4n) is 2.30. The van der Waals surface area contributed by atoms with E-state index in [2.05, 4.69) is 36.8 Å². The van der Waals surface area contributed by atoms with Gasteiger partial charge in [-0.1, -0.05) is 6.07 Å². The molecule has 5 heteroatoms. The van der Waals surface area contributed by atoms with Crippen LogP contribution in [-0.4, -0.2) is 45.8 Å². The minimum Gasteiger partial charge on any atom is -0.479 e. The van der Waals surface area contributed by atoms with Crippen molar-refractivity contribution in [3.8, 4) is 0 Å². The van der Waals surface area contributed by atoms with Crippen molar-refractivity contribution >= 4 is 5.97 Å². The van der Waals surface area contributed by atoms with Crippen LogP contribution < -0.4 is 0 Å². The van der Waals surface area contributed by atoms with Crippen molar-refractivity contribution < 1.29 is 15.0 Å². The van der Waals surface area contributed by atoms with Gasteiger partial charge in [0.25, 0.3) is 0 Å². The number of aliphatic hydroxyl groups is 1. The molecule has 112 valence electrons. The van der Waals surface area contributed by atoms with Gasteiger partial charge >= 0.3 is 5.97 Å². The smallest absolute Gasteiger partial charge is 0.332 e. The fourth-order valence-corrected chi connectivity index (χ4v) is 2.30. The monoisotopic (exact) mass is 280 g/mol. The molecule has 1 unspecified atom stereocenters. The Bertz CT molecular complexity index is 460. The zero-order chi connectivity index (χ0) is 15.3. The van der Waals surface area contributed by atoms with Gasteiger partial charge < -0.3 is 10.2 Å². The van der Waals surface area contributed by atoms with E-state index in [0.29, 0.717) is 6.04 Å². The molecule has 0 amide bonds. The number of aryl methyl sites for hydroxylation is 2. The highest BCUT2D eigenvalue weighted by Crippen LogP contribution is 2.31. The second-order valence-electron chi connectivity index (χ2n) is 5.34. The van der Waals surface area contributed by atoms with Gasteiger partial charge in [0, 0.05) is 17.9 Å². The maximum atomic E-state index is 9.45. The molecule has 0 spiro atoms. The predicted octanol–water partition coefficient (Wildman–Crippen LogP) is 1.92. The lowest BCUT2D eigenvalue weighted by Crippen LogP contribution is -2.18. The van der Waals surface area contributed by atoms with Crippen LogP contribution in [0.1, 0.15) is 42.6 Å².